The quantitative estimate of drug-likeness (QED) is 0.801. The molecule has 1 aromatic rings. The van der Waals surface area contributed by atoms with Crippen LogP contribution >= 0.6 is 0 Å². The molecule has 0 radical (unpaired) electrons. The molecule has 0 saturated carbocycles. The van der Waals surface area contributed by atoms with Crippen molar-refractivity contribution in [3.8, 4) is 0 Å². The molecule has 0 aliphatic rings. The molecule has 1 unspecified atom stereocenters. The smallest absolute Gasteiger partial charge is 0.0512 e. The molecule has 0 saturated heterocycles. The first-order valence-electron chi connectivity index (χ1n) is 5.98. The van der Waals surface area contributed by atoms with Crippen molar-refractivity contribution < 1.29 is 5.11 Å². The zero-order valence-corrected chi connectivity index (χ0v) is 10.8. The van der Waals surface area contributed by atoms with Gasteiger partial charge in [0.15, 0.2) is 0 Å². The highest BCUT2D eigenvalue weighted by Gasteiger charge is 2.16. The average molecular weight is 224 g/mol. The lowest BCUT2D eigenvalue weighted by atomic mass is 10.0. The summed E-state index contributed by atoms with van der Waals surface area (Å²) in [5.41, 5.74) is 9.38. The molecule has 3 nitrogen and oxygen atoms in total. The summed E-state index contributed by atoms with van der Waals surface area (Å²) in [4.78, 5) is 0. The molecule has 1 aromatic heterocycles. The zero-order chi connectivity index (χ0) is 12.3. The van der Waals surface area contributed by atoms with Crippen LogP contribution in [0.2, 0.25) is 0 Å². The van der Waals surface area contributed by atoms with Gasteiger partial charge in [-0.15, -0.1) is 0 Å². The van der Waals surface area contributed by atoms with Gasteiger partial charge in [0.25, 0.3) is 0 Å². The maximum Gasteiger partial charge on any atom is 0.0512 e. The van der Waals surface area contributed by atoms with Gasteiger partial charge in [-0.05, 0) is 31.4 Å². The van der Waals surface area contributed by atoms with E-state index < -0.39 is 0 Å². The molecule has 0 aromatic carbocycles. The Labute approximate surface area is 98.3 Å². The van der Waals surface area contributed by atoms with Gasteiger partial charge in [0.1, 0.15) is 0 Å². The standard InChI is InChI=1S/C13H24N2O/c1-9(2)7-15-10(3)5-13(11(15)4)12(6-14)8-16/h5,9,12,16H,6-8,14H2,1-4H3. The van der Waals surface area contributed by atoms with Gasteiger partial charge in [-0.3, -0.25) is 0 Å². The third kappa shape index (κ3) is 2.66. The van der Waals surface area contributed by atoms with E-state index in [0.29, 0.717) is 12.5 Å². The van der Waals surface area contributed by atoms with E-state index in [1.165, 1.54) is 17.0 Å². The molecule has 0 aliphatic heterocycles. The number of hydrogen-bond acceptors (Lipinski definition) is 2. The molecule has 0 spiro atoms. The largest absolute Gasteiger partial charge is 0.396 e. The molecular formula is C13H24N2O. The third-order valence-electron chi connectivity index (χ3n) is 3.11. The summed E-state index contributed by atoms with van der Waals surface area (Å²) in [6.45, 7) is 10.3. The van der Waals surface area contributed by atoms with Crippen LogP contribution in [0.5, 0.6) is 0 Å². The van der Waals surface area contributed by atoms with Gasteiger partial charge < -0.3 is 15.4 Å². The Bertz CT molecular complexity index is 338. The van der Waals surface area contributed by atoms with Crippen molar-refractivity contribution in [1.29, 1.82) is 0 Å². The van der Waals surface area contributed by atoms with Crippen molar-refractivity contribution in [2.75, 3.05) is 13.2 Å². The number of rotatable bonds is 5. The predicted octanol–water partition coefficient (Wildman–Crippen LogP) is 1.80. The first-order chi connectivity index (χ1) is 7.51. The Hall–Kier alpha value is -0.800. The van der Waals surface area contributed by atoms with Crippen molar-refractivity contribution in [1.82, 2.24) is 4.57 Å². The number of nitrogens with two attached hydrogens (primary N) is 1. The highest BCUT2D eigenvalue weighted by Crippen LogP contribution is 2.23. The highest BCUT2D eigenvalue weighted by molar-refractivity contribution is 5.30. The number of aromatic nitrogens is 1. The second-order valence-corrected chi connectivity index (χ2v) is 4.95. The SMILES string of the molecule is Cc1cc(C(CN)CO)c(C)n1CC(C)C. The van der Waals surface area contributed by atoms with E-state index in [0.717, 1.165) is 6.54 Å². The van der Waals surface area contributed by atoms with Crippen LogP contribution in [0, 0.1) is 19.8 Å². The van der Waals surface area contributed by atoms with Crippen molar-refractivity contribution in [2.24, 2.45) is 11.7 Å². The molecule has 0 fully saturated rings. The summed E-state index contributed by atoms with van der Waals surface area (Å²) in [7, 11) is 0. The molecule has 0 amide bonds. The van der Waals surface area contributed by atoms with E-state index in [4.69, 9.17) is 5.73 Å². The Kier molecular flexibility index (Phi) is 4.56. The predicted molar refractivity (Wildman–Crippen MR) is 67.6 cm³/mol. The van der Waals surface area contributed by atoms with E-state index in [2.05, 4.69) is 38.3 Å². The molecule has 1 heterocycles. The fourth-order valence-electron chi connectivity index (χ4n) is 2.19. The van der Waals surface area contributed by atoms with E-state index >= 15 is 0 Å². The maximum atomic E-state index is 9.30. The normalized spacial score (nSPS) is 13.4. The lowest BCUT2D eigenvalue weighted by molar-refractivity contribution is 0.267. The van der Waals surface area contributed by atoms with Crippen LogP contribution in [0.1, 0.15) is 36.7 Å². The second-order valence-electron chi connectivity index (χ2n) is 4.95. The molecule has 0 aliphatic carbocycles. The number of nitrogens with zero attached hydrogens (tertiary/aromatic N) is 1. The summed E-state index contributed by atoms with van der Waals surface area (Å²) >= 11 is 0. The molecule has 1 rings (SSSR count). The summed E-state index contributed by atoms with van der Waals surface area (Å²) in [5.74, 6) is 0.704. The van der Waals surface area contributed by atoms with Gasteiger partial charge in [-0.1, -0.05) is 13.8 Å². The van der Waals surface area contributed by atoms with Crippen molar-refractivity contribution in [3.05, 3.63) is 23.0 Å². The fraction of sp³-hybridized carbons (Fsp3) is 0.692. The van der Waals surface area contributed by atoms with Crippen LogP contribution in [-0.4, -0.2) is 22.8 Å². The summed E-state index contributed by atoms with van der Waals surface area (Å²) in [6.07, 6.45) is 0. The lowest BCUT2D eigenvalue weighted by Gasteiger charge is -2.15. The van der Waals surface area contributed by atoms with E-state index in [-0.39, 0.29) is 12.5 Å². The Balaban J connectivity index is 3.05. The lowest BCUT2D eigenvalue weighted by Crippen LogP contribution is -2.17. The minimum Gasteiger partial charge on any atom is -0.396 e. The van der Waals surface area contributed by atoms with Crippen LogP contribution in [-0.2, 0) is 6.54 Å². The third-order valence-corrected chi connectivity index (χ3v) is 3.11. The minimum absolute atomic E-state index is 0.0760. The maximum absolute atomic E-state index is 9.30. The molecule has 16 heavy (non-hydrogen) atoms. The Morgan fingerprint density at radius 1 is 1.38 bits per heavy atom. The van der Waals surface area contributed by atoms with E-state index in [1.807, 2.05) is 0 Å². The van der Waals surface area contributed by atoms with E-state index in [9.17, 15) is 5.11 Å². The molecular weight excluding hydrogens is 200 g/mol. The monoisotopic (exact) mass is 224 g/mol. The molecule has 0 bridgehead atoms. The molecule has 1 atom stereocenters. The van der Waals surface area contributed by atoms with Crippen LogP contribution in [0.15, 0.2) is 6.07 Å². The number of hydrogen-bond donors (Lipinski definition) is 2. The Morgan fingerprint density at radius 2 is 2.00 bits per heavy atom. The Morgan fingerprint density at radius 3 is 2.44 bits per heavy atom. The first kappa shape index (κ1) is 13.3. The summed E-state index contributed by atoms with van der Waals surface area (Å²) in [6, 6.07) is 2.16. The van der Waals surface area contributed by atoms with Gasteiger partial charge in [0, 0.05) is 30.4 Å². The van der Waals surface area contributed by atoms with Crippen LogP contribution < -0.4 is 5.73 Å². The molecule has 3 heteroatoms. The van der Waals surface area contributed by atoms with Crippen LogP contribution in [0.4, 0.5) is 0 Å². The summed E-state index contributed by atoms with van der Waals surface area (Å²) in [5, 5.41) is 9.30. The van der Waals surface area contributed by atoms with E-state index in [1.54, 1.807) is 0 Å². The molecule has 92 valence electrons. The summed E-state index contributed by atoms with van der Waals surface area (Å²) < 4.78 is 2.32. The van der Waals surface area contributed by atoms with Gasteiger partial charge in [-0.2, -0.15) is 0 Å². The van der Waals surface area contributed by atoms with Crippen molar-refractivity contribution in [3.63, 3.8) is 0 Å². The van der Waals surface area contributed by atoms with Crippen LogP contribution in [0.3, 0.4) is 0 Å². The number of aryl methyl sites for hydroxylation is 1. The zero-order valence-electron chi connectivity index (χ0n) is 10.8. The highest BCUT2D eigenvalue weighted by atomic mass is 16.3. The molecule has 3 N–H and O–H groups in total. The topological polar surface area (TPSA) is 51.2 Å². The van der Waals surface area contributed by atoms with Gasteiger partial charge in [0.05, 0.1) is 6.61 Å². The number of aliphatic hydroxyl groups is 1. The van der Waals surface area contributed by atoms with Crippen molar-refractivity contribution in [2.45, 2.75) is 40.2 Å². The van der Waals surface area contributed by atoms with Crippen molar-refractivity contribution >= 4 is 0 Å². The average Bonchev–Trinajstić information content (AvgIpc) is 2.48. The van der Waals surface area contributed by atoms with Gasteiger partial charge in [-0.25, -0.2) is 0 Å². The first-order valence-corrected chi connectivity index (χ1v) is 5.98. The van der Waals surface area contributed by atoms with Gasteiger partial charge in [0.2, 0.25) is 0 Å². The number of aliphatic hydroxyl groups excluding tert-OH is 1. The van der Waals surface area contributed by atoms with Crippen LogP contribution in [0.25, 0.3) is 0 Å². The second kappa shape index (κ2) is 5.51. The fourth-order valence-corrected chi connectivity index (χ4v) is 2.19. The minimum atomic E-state index is 0.0760. The van der Waals surface area contributed by atoms with Gasteiger partial charge >= 0.3 is 0 Å².